The predicted octanol–water partition coefficient (Wildman–Crippen LogP) is 1.71. The van der Waals surface area contributed by atoms with Gasteiger partial charge in [-0.3, -0.25) is 9.59 Å². The van der Waals surface area contributed by atoms with Gasteiger partial charge < -0.3 is 15.0 Å². The molecule has 0 atom stereocenters. The smallest absolute Gasteiger partial charge is 0.257 e. The van der Waals surface area contributed by atoms with E-state index in [9.17, 15) is 18.0 Å². The topological polar surface area (TPSA) is 96.0 Å². The molecule has 1 aromatic rings. The highest BCUT2D eigenvalue weighted by atomic mass is 32.2. The van der Waals surface area contributed by atoms with Crippen LogP contribution in [0.4, 0.5) is 0 Å². The van der Waals surface area contributed by atoms with E-state index >= 15 is 0 Å². The van der Waals surface area contributed by atoms with Crippen LogP contribution in [0, 0.1) is 5.92 Å². The van der Waals surface area contributed by atoms with Crippen molar-refractivity contribution < 1.29 is 22.7 Å². The molecule has 1 heterocycles. The molecule has 1 saturated heterocycles. The van der Waals surface area contributed by atoms with Gasteiger partial charge in [-0.15, -0.1) is 0 Å². The van der Waals surface area contributed by atoms with Gasteiger partial charge in [-0.25, -0.2) is 8.42 Å². The van der Waals surface area contributed by atoms with Gasteiger partial charge in [0.05, 0.1) is 17.6 Å². The van der Waals surface area contributed by atoms with Gasteiger partial charge in [0.2, 0.25) is 15.9 Å². The molecule has 0 radical (unpaired) electrons. The predicted molar refractivity (Wildman–Crippen MR) is 110 cm³/mol. The molecule has 2 rings (SSSR count). The number of piperidine rings is 1. The number of hydrogen-bond acceptors (Lipinski definition) is 5. The number of methoxy groups -OCH3 is 1. The number of nitrogens with one attached hydrogen (secondary N) is 1. The summed E-state index contributed by atoms with van der Waals surface area (Å²) >= 11 is 0. The molecule has 9 heteroatoms. The number of carbonyl (C=O) groups excluding carboxylic acids is 2. The van der Waals surface area contributed by atoms with Gasteiger partial charge in [-0.1, -0.05) is 13.8 Å². The van der Waals surface area contributed by atoms with Crippen LogP contribution in [0.1, 0.15) is 44.0 Å². The zero-order valence-corrected chi connectivity index (χ0v) is 18.4. The van der Waals surface area contributed by atoms with E-state index in [0.29, 0.717) is 44.4 Å². The number of carbonyl (C=O) groups is 2. The van der Waals surface area contributed by atoms with Crippen molar-refractivity contribution in [2.24, 2.45) is 5.92 Å². The standard InChI is InChI=1S/C20H31N3O5S/c1-5-23(6-2)29(26,27)17-7-8-19(28-4)18(13-17)20(25)22-11-9-16(10-12-22)14-21-15(3)24/h7-8,13,16H,5-6,9-12,14H2,1-4H3,(H,21,24). The second kappa shape index (κ2) is 10.1. The summed E-state index contributed by atoms with van der Waals surface area (Å²) in [7, 11) is -2.21. The molecule has 29 heavy (non-hydrogen) atoms. The summed E-state index contributed by atoms with van der Waals surface area (Å²) in [4.78, 5) is 26.0. The minimum absolute atomic E-state index is 0.0560. The minimum atomic E-state index is -3.67. The monoisotopic (exact) mass is 425 g/mol. The molecule has 1 aliphatic heterocycles. The molecular formula is C20H31N3O5S. The number of amides is 2. The van der Waals surface area contributed by atoms with Crippen LogP contribution >= 0.6 is 0 Å². The summed E-state index contributed by atoms with van der Waals surface area (Å²) < 4.78 is 32.4. The molecule has 0 unspecified atom stereocenters. The summed E-state index contributed by atoms with van der Waals surface area (Å²) in [5.74, 6) is 0.393. The second-order valence-electron chi connectivity index (χ2n) is 7.12. The Morgan fingerprint density at radius 1 is 1.21 bits per heavy atom. The molecule has 0 aromatic heterocycles. The van der Waals surface area contributed by atoms with Crippen LogP contribution in [-0.2, 0) is 14.8 Å². The first-order valence-electron chi connectivity index (χ1n) is 9.96. The fraction of sp³-hybridized carbons (Fsp3) is 0.600. The Bertz CT molecular complexity index is 829. The van der Waals surface area contributed by atoms with E-state index in [-0.39, 0.29) is 22.3 Å². The summed E-state index contributed by atoms with van der Waals surface area (Å²) in [6.07, 6.45) is 1.57. The van der Waals surface area contributed by atoms with Crippen molar-refractivity contribution in [3.63, 3.8) is 0 Å². The van der Waals surface area contributed by atoms with Gasteiger partial charge in [-0.2, -0.15) is 4.31 Å². The van der Waals surface area contributed by atoms with Crippen LogP contribution in [0.2, 0.25) is 0 Å². The fourth-order valence-corrected chi connectivity index (χ4v) is 5.01. The quantitative estimate of drug-likeness (QED) is 0.684. The molecule has 1 aliphatic rings. The van der Waals surface area contributed by atoms with Crippen LogP contribution in [0.25, 0.3) is 0 Å². The van der Waals surface area contributed by atoms with Gasteiger partial charge in [0, 0.05) is 39.6 Å². The SMILES string of the molecule is CCN(CC)S(=O)(=O)c1ccc(OC)c(C(=O)N2CCC(CNC(C)=O)CC2)c1. The summed E-state index contributed by atoms with van der Waals surface area (Å²) in [5, 5.41) is 2.82. The lowest BCUT2D eigenvalue weighted by molar-refractivity contribution is -0.119. The summed E-state index contributed by atoms with van der Waals surface area (Å²) in [6, 6.07) is 4.42. The summed E-state index contributed by atoms with van der Waals surface area (Å²) in [5.41, 5.74) is 0.251. The summed E-state index contributed by atoms with van der Waals surface area (Å²) in [6.45, 7) is 7.48. The largest absolute Gasteiger partial charge is 0.496 e. The third kappa shape index (κ3) is 5.48. The van der Waals surface area contributed by atoms with Crippen LogP contribution in [0.3, 0.4) is 0 Å². The first-order valence-corrected chi connectivity index (χ1v) is 11.4. The van der Waals surface area contributed by atoms with Crippen molar-refractivity contribution in [2.45, 2.75) is 38.5 Å². The maximum Gasteiger partial charge on any atom is 0.257 e. The van der Waals surface area contributed by atoms with Crippen molar-refractivity contribution in [3.8, 4) is 5.75 Å². The number of ether oxygens (including phenoxy) is 1. The Balaban J connectivity index is 2.21. The number of sulfonamides is 1. The molecule has 1 fully saturated rings. The maximum absolute atomic E-state index is 13.1. The Kier molecular flexibility index (Phi) is 8.04. The molecular weight excluding hydrogens is 394 g/mol. The lowest BCUT2D eigenvalue weighted by Crippen LogP contribution is -2.41. The maximum atomic E-state index is 13.1. The third-order valence-corrected chi connectivity index (χ3v) is 7.33. The first-order chi connectivity index (χ1) is 13.7. The Labute approximate surface area is 173 Å². The third-order valence-electron chi connectivity index (χ3n) is 5.29. The number of hydrogen-bond donors (Lipinski definition) is 1. The van der Waals surface area contributed by atoms with E-state index in [1.54, 1.807) is 18.7 Å². The van der Waals surface area contributed by atoms with Crippen molar-refractivity contribution in [3.05, 3.63) is 23.8 Å². The molecule has 0 spiro atoms. The molecule has 0 bridgehead atoms. The average Bonchev–Trinajstić information content (AvgIpc) is 2.72. The number of rotatable bonds is 8. The minimum Gasteiger partial charge on any atom is -0.496 e. The normalized spacial score (nSPS) is 15.4. The molecule has 1 N–H and O–H groups in total. The van der Waals surface area contributed by atoms with Crippen molar-refractivity contribution >= 4 is 21.8 Å². The van der Waals surface area contributed by atoms with Crippen LogP contribution in [0.5, 0.6) is 5.75 Å². The van der Waals surface area contributed by atoms with Crippen LogP contribution < -0.4 is 10.1 Å². The number of likely N-dealkylation sites (tertiary alicyclic amines) is 1. The fourth-order valence-electron chi connectivity index (χ4n) is 3.53. The molecule has 8 nitrogen and oxygen atoms in total. The van der Waals surface area contributed by atoms with Crippen LogP contribution in [0.15, 0.2) is 23.1 Å². The Hall–Kier alpha value is -2.13. The number of benzene rings is 1. The first kappa shape index (κ1) is 23.2. The van der Waals surface area contributed by atoms with E-state index < -0.39 is 10.0 Å². The molecule has 0 saturated carbocycles. The lowest BCUT2D eigenvalue weighted by Gasteiger charge is -2.32. The van der Waals surface area contributed by atoms with Crippen molar-refractivity contribution in [1.82, 2.24) is 14.5 Å². The zero-order chi connectivity index (χ0) is 21.6. The van der Waals surface area contributed by atoms with Gasteiger partial charge in [0.25, 0.3) is 5.91 Å². The van der Waals surface area contributed by atoms with Gasteiger partial charge in [0.15, 0.2) is 0 Å². The second-order valence-corrected chi connectivity index (χ2v) is 9.06. The molecule has 0 aliphatic carbocycles. The molecule has 2 amide bonds. The lowest BCUT2D eigenvalue weighted by atomic mass is 9.96. The molecule has 1 aromatic carbocycles. The zero-order valence-electron chi connectivity index (χ0n) is 17.6. The Morgan fingerprint density at radius 2 is 1.83 bits per heavy atom. The highest BCUT2D eigenvalue weighted by Gasteiger charge is 2.28. The highest BCUT2D eigenvalue weighted by molar-refractivity contribution is 7.89. The Morgan fingerprint density at radius 3 is 2.34 bits per heavy atom. The van der Waals surface area contributed by atoms with E-state index in [1.807, 2.05) is 0 Å². The van der Waals surface area contributed by atoms with Gasteiger partial charge >= 0.3 is 0 Å². The van der Waals surface area contributed by atoms with E-state index in [4.69, 9.17) is 4.74 Å². The molecule has 162 valence electrons. The van der Waals surface area contributed by atoms with E-state index in [0.717, 1.165) is 12.8 Å². The van der Waals surface area contributed by atoms with Crippen molar-refractivity contribution in [1.29, 1.82) is 0 Å². The van der Waals surface area contributed by atoms with E-state index in [2.05, 4.69) is 5.32 Å². The highest BCUT2D eigenvalue weighted by Crippen LogP contribution is 2.27. The number of nitrogens with zero attached hydrogens (tertiary/aromatic N) is 2. The van der Waals surface area contributed by atoms with Crippen LogP contribution in [-0.4, -0.2) is 69.3 Å². The van der Waals surface area contributed by atoms with Crippen molar-refractivity contribution in [2.75, 3.05) is 39.8 Å². The van der Waals surface area contributed by atoms with E-state index in [1.165, 1.54) is 36.5 Å². The average molecular weight is 426 g/mol. The van der Waals surface area contributed by atoms with Gasteiger partial charge in [0.1, 0.15) is 5.75 Å². The van der Waals surface area contributed by atoms with Gasteiger partial charge in [-0.05, 0) is 37.0 Å².